The van der Waals surface area contributed by atoms with Gasteiger partial charge in [0.1, 0.15) is 5.75 Å². The summed E-state index contributed by atoms with van der Waals surface area (Å²) >= 11 is 0. The number of carbonyl (C=O) groups excluding carboxylic acids is 1. The van der Waals surface area contributed by atoms with Crippen molar-refractivity contribution in [2.45, 2.75) is 65.5 Å². The molecule has 6 heteroatoms. The molecule has 1 aromatic carbocycles. The van der Waals surface area contributed by atoms with Gasteiger partial charge < -0.3 is 20.3 Å². The highest BCUT2D eigenvalue weighted by Gasteiger charge is 2.32. The monoisotopic (exact) mass is 414 g/mol. The van der Waals surface area contributed by atoms with Gasteiger partial charge in [-0.1, -0.05) is 38.8 Å². The third-order valence-electron chi connectivity index (χ3n) is 5.79. The molecule has 0 spiro atoms. The van der Waals surface area contributed by atoms with E-state index in [1.54, 1.807) is 0 Å². The summed E-state index contributed by atoms with van der Waals surface area (Å²) in [5.41, 5.74) is 1.12. The van der Waals surface area contributed by atoms with Crippen LogP contribution in [0.5, 0.6) is 5.75 Å². The van der Waals surface area contributed by atoms with Crippen LogP contribution in [0.3, 0.4) is 0 Å². The number of benzene rings is 1. The molecule has 2 N–H and O–H groups in total. The quantitative estimate of drug-likeness (QED) is 0.504. The van der Waals surface area contributed by atoms with E-state index in [4.69, 9.17) is 9.73 Å². The Hall–Kier alpha value is -2.24. The molecule has 1 aromatic rings. The summed E-state index contributed by atoms with van der Waals surface area (Å²) < 4.78 is 5.83. The zero-order valence-electron chi connectivity index (χ0n) is 18.8. The number of aliphatic imine (C=N–C) groups is 1. The summed E-state index contributed by atoms with van der Waals surface area (Å²) in [5, 5.41) is 6.87. The number of likely N-dealkylation sites (tertiary alicyclic amines) is 1. The van der Waals surface area contributed by atoms with Crippen LogP contribution in [0.1, 0.15) is 58.4 Å². The van der Waals surface area contributed by atoms with E-state index in [1.165, 1.54) is 12.8 Å². The molecule has 0 radical (unpaired) electrons. The third-order valence-corrected chi connectivity index (χ3v) is 5.79. The molecule has 2 aliphatic rings. The van der Waals surface area contributed by atoms with Crippen molar-refractivity contribution in [3.8, 4) is 5.75 Å². The van der Waals surface area contributed by atoms with Crippen LogP contribution >= 0.6 is 0 Å². The molecule has 166 valence electrons. The van der Waals surface area contributed by atoms with E-state index < -0.39 is 0 Å². The topological polar surface area (TPSA) is 66.0 Å². The van der Waals surface area contributed by atoms with Crippen molar-refractivity contribution in [1.82, 2.24) is 15.5 Å². The Labute approximate surface area is 181 Å². The number of hydrogen-bond donors (Lipinski definition) is 2. The van der Waals surface area contributed by atoms with Crippen LogP contribution in [0, 0.1) is 11.8 Å². The van der Waals surface area contributed by atoms with Crippen LogP contribution < -0.4 is 15.4 Å². The number of rotatable bonds is 8. The molecular weight excluding hydrogens is 376 g/mol. The maximum atomic E-state index is 12.7. The van der Waals surface area contributed by atoms with Crippen molar-refractivity contribution in [2.24, 2.45) is 16.8 Å². The molecule has 0 bridgehead atoms. The minimum atomic E-state index is 0.258. The number of amides is 1. The summed E-state index contributed by atoms with van der Waals surface area (Å²) in [6.45, 7) is 10.1. The molecule has 30 heavy (non-hydrogen) atoms. The first kappa shape index (κ1) is 22.4. The van der Waals surface area contributed by atoms with Crippen LogP contribution in [-0.2, 0) is 11.3 Å². The number of carbonyl (C=O) groups is 1. The van der Waals surface area contributed by atoms with Gasteiger partial charge in [0.15, 0.2) is 5.96 Å². The number of guanidine groups is 1. The molecule has 6 nitrogen and oxygen atoms in total. The molecule has 1 amide bonds. The van der Waals surface area contributed by atoms with Gasteiger partial charge in [-0.05, 0) is 49.8 Å². The molecule has 1 saturated heterocycles. The Morgan fingerprint density at radius 3 is 2.80 bits per heavy atom. The Bertz CT molecular complexity index is 713. The molecule has 1 atom stereocenters. The van der Waals surface area contributed by atoms with Crippen molar-refractivity contribution < 1.29 is 9.53 Å². The number of nitrogens with zero attached hydrogens (tertiary/aromatic N) is 2. The predicted octanol–water partition coefficient (Wildman–Crippen LogP) is 3.57. The van der Waals surface area contributed by atoms with Gasteiger partial charge in [0.05, 0.1) is 13.2 Å². The minimum Gasteiger partial charge on any atom is -0.493 e. The van der Waals surface area contributed by atoms with E-state index in [2.05, 4.69) is 43.5 Å². The summed E-state index contributed by atoms with van der Waals surface area (Å²) in [6.07, 6.45) is 5.51. The van der Waals surface area contributed by atoms with Crippen LogP contribution in [0.2, 0.25) is 0 Å². The fourth-order valence-electron chi connectivity index (χ4n) is 4.19. The van der Waals surface area contributed by atoms with E-state index >= 15 is 0 Å². The molecule has 1 unspecified atom stereocenters. The molecule has 1 aliphatic carbocycles. The zero-order chi connectivity index (χ0) is 21.3. The van der Waals surface area contributed by atoms with E-state index in [0.717, 1.165) is 56.2 Å². The lowest BCUT2D eigenvalue weighted by Gasteiger charge is -2.21. The van der Waals surface area contributed by atoms with Crippen LogP contribution in [0.15, 0.2) is 29.3 Å². The molecule has 1 heterocycles. The highest BCUT2D eigenvalue weighted by molar-refractivity contribution is 5.81. The Morgan fingerprint density at radius 2 is 2.07 bits per heavy atom. The fraction of sp³-hybridized carbons (Fsp3) is 0.667. The molecule has 2 fully saturated rings. The number of hydrogen-bond acceptors (Lipinski definition) is 3. The second-order valence-corrected chi connectivity index (χ2v) is 8.94. The molecular formula is C24H38N4O2. The second kappa shape index (κ2) is 11.2. The largest absolute Gasteiger partial charge is 0.493 e. The fourth-order valence-corrected chi connectivity index (χ4v) is 4.19. The van der Waals surface area contributed by atoms with Gasteiger partial charge in [-0.2, -0.15) is 0 Å². The Balaban J connectivity index is 1.53. The highest BCUT2D eigenvalue weighted by atomic mass is 16.5. The van der Waals surface area contributed by atoms with Gasteiger partial charge in [0.2, 0.25) is 5.91 Å². The van der Waals surface area contributed by atoms with Crippen molar-refractivity contribution in [3.05, 3.63) is 29.8 Å². The Morgan fingerprint density at radius 1 is 1.27 bits per heavy atom. The Kier molecular flexibility index (Phi) is 8.40. The van der Waals surface area contributed by atoms with Gasteiger partial charge >= 0.3 is 0 Å². The summed E-state index contributed by atoms with van der Waals surface area (Å²) in [4.78, 5) is 19.5. The van der Waals surface area contributed by atoms with Crippen molar-refractivity contribution in [2.75, 3.05) is 26.2 Å². The summed E-state index contributed by atoms with van der Waals surface area (Å²) in [7, 11) is 0. The average molecular weight is 415 g/mol. The van der Waals surface area contributed by atoms with Gasteiger partial charge in [-0.15, -0.1) is 0 Å². The standard InChI is InChI=1S/C24H38N4O2/c1-4-25-24(26-15-19-8-7-11-22(14-19)30-17-18(2)3)27-21-12-13-28(16-21)23(29)20-9-5-6-10-20/h7-8,11,14,18,20-21H,4-6,9-10,12-13,15-17H2,1-3H3,(H2,25,26,27). The lowest BCUT2D eigenvalue weighted by atomic mass is 10.1. The maximum Gasteiger partial charge on any atom is 0.225 e. The van der Waals surface area contributed by atoms with E-state index in [-0.39, 0.29) is 12.0 Å². The van der Waals surface area contributed by atoms with Gasteiger partial charge in [-0.25, -0.2) is 4.99 Å². The van der Waals surface area contributed by atoms with E-state index in [0.29, 0.717) is 25.0 Å². The third kappa shape index (κ3) is 6.64. The SMILES string of the molecule is CCNC(=NCc1cccc(OCC(C)C)c1)NC1CCN(C(=O)C2CCCC2)C1. The molecule has 3 rings (SSSR count). The molecule has 0 aromatic heterocycles. The second-order valence-electron chi connectivity index (χ2n) is 8.94. The average Bonchev–Trinajstić information content (AvgIpc) is 3.43. The van der Waals surface area contributed by atoms with Crippen LogP contribution in [0.25, 0.3) is 0 Å². The number of nitrogens with one attached hydrogen (secondary N) is 2. The predicted molar refractivity (Wildman–Crippen MR) is 122 cm³/mol. The van der Waals surface area contributed by atoms with E-state index in [1.807, 2.05) is 17.0 Å². The summed E-state index contributed by atoms with van der Waals surface area (Å²) in [6, 6.07) is 8.41. The van der Waals surface area contributed by atoms with Crippen molar-refractivity contribution in [1.29, 1.82) is 0 Å². The van der Waals surface area contributed by atoms with Crippen molar-refractivity contribution >= 4 is 11.9 Å². The first-order valence-corrected chi connectivity index (χ1v) is 11.6. The molecule has 1 saturated carbocycles. The first-order valence-electron chi connectivity index (χ1n) is 11.6. The zero-order valence-corrected chi connectivity index (χ0v) is 18.8. The van der Waals surface area contributed by atoms with Crippen molar-refractivity contribution in [3.63, 3.8) is 0 Å². The van der Waals surface area contributed by atoms with Crippen LogP contribution in [-0.4, -0.2) is 49.0 Å². The summed E-state index contributed by atoms with van der Waals surface area (Å²) in [5.74, 6) is 2.83. The number of ether oxygens (including phenoxy) is 1. The maximum absolute atomic E-state index is 12.7. The lowest BCUT2D eigenvalue weighted by Crippen LogP contribution is -2.45. The van der Waals surface area contributed by atoms with Gasteiger partial charge in [-0.3, -0.25) is 4.79 Å². The normalized spacial score (nSPS) is 20.1. The van der Waals surface area contributed by atoms with E-state index in [9.17, 15) is 4.79 Å². The highest BCUT2D eigenvalue weighted by Crippen LogP contribution is 2.27. The molecule has 1 aliphatic heterocycles. The smallest absolute Gasteiger partial charge is 0.225 e. The van der Waals surface area contributed by atoms with Crippen LogP contribution in [0.4, 0.5) is 0 Å². The lowest BCUT2D eigenvalue weighted by molar-refractivity contribution is -0.134. The van der Waals surface area contributed by atoms with Gasteiger partial charge in [0.25, 0.3) is 0 Å². The first-order chi connectivity index (χ1) is 14.5. The minimum absolute atomic E-state index is 0.258. The van der Waals surface area contributed by atoms with Gasteiger partial charge in [0, 0.05) is 31.6 Å².